The van der Waals surface area contributed by atoms with Gasteiger partial charge in [-0.05, 0) is 31.2 Å². The van der Waals surface area contributed by atoms with Gasteiger partial charge in [-0.15, -0.1) is 12.4 Å². The van der Waals surface area contributed by atoms with Crippen LogP contribution in [-0.4, -0.2) is 26.6 Å². The van der Waals surface area contributed by atoms with Gasteiger partial charge in [-0.1, -0.05) is 19.1 Å². The van der Waals surface area contributed by atoms with Crippen molar-refractivity contribution in [2.75, 3.05) is 20.7 Å². The topological polar surface area (TPSA) is 50.4 Å². The maximum Gasteiger partial charge on any atom is 0.234 e. The average Bonchev–Trinajstić information content (AvgIpc) is 2.36. The van der Waals surface area contributed by atoms with E-state index in [0.717, 1.165) is 17.7 Å². The Kier molecular flexibility index (Phi) is 8.16. The van der Waals surface area contributed by atoms with Crippen LogP contribution < -0.4 is 15.4 Å². The fourth-order valence-electron chi connectivity index (χ4n) is 1.66. The smallest absolute Gasteiger partial charge is 0.234 e. The summed E-state index contributed by atoms with van der Waals surface area (Å²) in [7, 11) is 3.40. The van der Waals surface area contributed by atoms with Crippen LogP contribution in [0.5, 0.6) is 5.75 Å². The Balaban J connectivity index is 0.00000289. The third-order valence-electron chi connectivity index (χ3n) is 2.60. The van der Waals surface area contributed by atoms with Gasteiger partial charge in [-0.25, -0.2) is 0 Å². The lowest BCUT2D eigenvalue weighted by Gasteiger charge is -2.17. The first-order chi connectivity index (χ1) is 8.21. The standard InChI is InChI=1S/C13H20N2O2.ClH/c1-4-12(15-13(16)9-14-2)10-5-7-11(17-3)8-6-10;/h5-8,12,14H,4,9H2,1-3H3,(H,15,16);1H. The van der Waals surface area contributed by atoms with Gasteiger partial charge in [0, 0.05) is 0 Å². The molecule has 0 bridgehead atoms. The first-order valence-electron chi connectivity index (χ1n) is 5.79. The number of carbonyl (C=O) groups is 1. The largest absolute Gasteiger partial charge is 0.497 e. The number of carbonyl (C=O) groups excluding carboxylic acids is 1. The lowest BCUT2D eigenvalue weighted by atomic mass is 10.0. The molecule has 1 aromatic carbocycles. The Hall–Kier alpha value is -1.26. The van der Waals surface area contributed by atoms with Gasteiger partial charge in [0.1, 0.15) is 5.75 Å². The molecule has 0 heterocycles. The summed E-state index contributed by atoms with van der Waals surface area (Å²) in [6.07, 6.45) is 0.863. The van der Waals surface area contributed by atoms with Crippen LogP contribution in [-0.2, 0) is 4.79 Å². The van der Waals surface area contributed by atoms with Crippen LogP contribution >= 0.6 is 12.4 Å². The van der Waals surface area contributed by atoms with E-state index in [9.17, 15) is 4.79 Å². The average molecular weight is 273 g/mol. The lowest BCUT2D eigenvalue weighted by molar-refractivity contribution is -0.120. The van der Waals surface area contributed by atoms with Gasteiger partial charge < -0.3 is 15.4 Å². The van der Waals surface area contributed by atoms with Crippen molar-refractivity contribution in [2.24, 2.45) is 0 Å². The molecule has 0 aliphatic carbocycles. The summed E-state index contributed by atoms with van der Waals surface area (Å²) in [6, 6.07) is 7.82. The molecule has 102 valence electrons. The Morgan fingerprint density at radius 2 is 1.94 bits per heavy atom. The Morgan fingerprint density at radius 1 is 1.33 bits per heavy atom. The number of likely N-dealkylation sites (N-methyl/N-ethyl adjacent to an activating group) is 1. The van der Waals surface area contributed by atoms with E-state index in [-0.39, 0.29) is 24.4 Å². The predicted molar refractivity (Wildman–Crippen MR) is 75.3 cm³/mol. The van der Waals surface area contributed by atoms with Crippen LogP contribution in [0.25, 0.3) is 0 Å². The molecular formula is C13H21ClN2O2. The van der Waals surface area contributed by atoms with Gasteiger partial charge in [0.25, 0.3) is 0 Å². The second kappa shape index (κ2) is 8.78. The molecule has 0 saturated heterocycles. The number of ether oxygens (including phenoxy) is 1. The normalized spacial score (nSPS) is 11.3. The molecule has 0 saturated carbocycles. The summed E-state index contributed by atoms with van der Waals surface area (Å²) >= 11 is 0. The maximum atomic E-state index is 11.5. The van der Waals surface area contributed by atoms with Gasteiger partial charge in [0.15, 0.2) is 0 Å². The minimum Gasteiger partial charge on any atom is -0.497 e. The number of halogens is 1. The predicted octanol–water partition coefficient (Wildman–Crippen LogP) is 1.90. The molecule has 0 fully saturated rings. The Morgan fingerprint density at radius 3 is 2.39 bits per heavy atom. The molecule has 0 aliphatic heterocycles. The highest BCUT2D eigenvalue weighted by molar-refractivity contribution is 5.85. The van der Waals surface area contributed by atoms with Gasteiger partial charge in [0.05, 0.1) is 19.7 Å². The molecule has 1 unspecified atom stereocenters. The number of hydrogen-bond donors (Lipinski definition) is 2. The molecule has 0 radical (unpaired) electrons. The molecule has 4 nitrogen and oxygen atoms in total. The zero-order valence-corrected chi connectivity index (χ0v) is 11.8. The van der Waals surface area contributed by atoms with Crippen molar-refractivity contribution >= 4 is 18.3 Å². The molecule has 2 N–H and O–H groups in total. The van der Waals surface area contributed by atoms with E-state index in [1.54, 1.807) is 14.2 Å². The van der Waals surface area contributed by atoms with Gasteiger partial charge in [-0.2, -0.15) is 0 Å². The highest BCUT2D eigenvalue weighted by Gasteiger charge is 2.11. The molecule has 5 heteroatoms. The highest BCUT2D eigenvalue weighted by atomic mass is 35.5. The first-order valence-corrected chi connectivity index (χ1v) is 5.79. The summed E-state index contributed by atoms with van der Waals surface area (Å²) in [5.74, 6) is 0.834. The first kappa shape index (κ1) is 16.7. The minimum atomic E-state index is 0. The van der Waals surface area contributed by atoms with Crippen molar-refractivity contribution in [1.82, 2.24) is 10.6 Å². The fraction of sp³-hybridized carbons (Fsp3) is 0.462. The molecule has 1 aromatic rings. The van der Waals surface area contributed by atoms with Gasteiger partial charge >= 0.3 is 0 Å². The fourth-order valence-corrected chi connectivity index (χ4v) is 1.66. The van der Waals surface area contributed by atoms with Crippen molar-refractivity contribution in [3.63, 3.8) is 0 Å². The number of methoxy groups -OCH3 is 1. The number of benzene rings is 1. The number of amides is 1. The van der Waals surface area contributed by atoms with E-state index in [1.165, 1.54) is 0 Å². The van der Waals surface area contributed by atoms with Gasteiger partial charge in [-0.3, -0.25) is 4.79 Å². The molecule has 1 atom stereocenters. The zero-order valence-electron chi connectivity index (χ0n) is 11.0. The quantitative estimate of drug-likeness (QED) is 0.832. The molecule has 0 spiro atoms. The van der Waals surface area contributed by atoms with Crippen molar-refractivity contribution in [3.8, 4) is 5.75 Å². The number of nitrogens with one attached hydrogen (secondary N) is 2. The van der Waals surface area contributed by atoms with Crippen molar-refractivity contribution in [1.29, 1.82) is 0 Å². The number of rotatable bonds is 6. The molecule has 1 amide bonds. The summed E-state index contributed by atoms with van der Waals surface area (Å²) < 4.78 is 5.10. The monoisotopic (exact) mass is 272 g/mol. The summed E-state index contributed by atoms with van der Waals surface area (Å²) in [5.41, 5.74) is 1.10. The summed E-state index contributed by atoms with van der Waals surface area (Å²) in [4.78, 5) is 11.5. The van der Waals surface area contributed by atoms with E-state index < -0.39 is 0 Å². The van der Waals surface area contributed by atoms with Crippen LogP contribution in [0, 0.1) is 0 Å². The van der Waals surface area contributed by atoms with Gasteiger partial charge in [0.2, 0.25) is 5.91 Å². The van der Waals surface area contributed by atoms with E-state index in [0.29, 0.717) is 6.54 Å². The second-order valence-electron chi connectivity index (χ2n) is 3.83. The number of hydrogen-bond acceptors (Lipinski definition) is 3. The van der Waals surface area contributed by atoms with Crippen LogP contribution in [0.1, 0.15) is 24.9 Å². The second-order valence-corrected chi connectivity index (χ2v) is 3.83. The Labute approximate surface area is 115 Å². The molecule has 0 aromatic heterocycles. The third-order valence-corrected chi connectivity index (χ3v) is 2.60. The van der Waals surface area contributed by atoms with E-state index >= 15 is 0 Å². The summed E-state index contributed by atoms with van der Waals surface area (Å²) in [5, 5.41) is 5.81. The van der Waals surface area contributed by atoms with E-state index in [2.05, 4.69) is 17.6 Å². The van der Waals surface area contributed by atoms with E-state index in [1.807, 2.05) is 24.3 Å². The van der Waals surface area contributed by atoms with Crippen molar-refractivity contribution < 1.29 is 9.53 Å². The van der Waals surface area contributed by atoms with E-state index in [4.69, 9.17) is 4.74 Å². The molecule has 18 heavy (non-hydrogen) atoms. The van der Waals surface area contributed by atoms with Crippen molar-refractivity contribution in [2.45, 2.75) is 19.4 Å². The molecule has 1 rings (SSSR count). The molecule has 0 aliphatic rings. The zero-order chi connectivity index (χ0) is 12.7. The lowest BCUT2D eigenvalue weighted by Crippen LogP contribution is -2.34. The SMILES string of the molecule is CCC(NC(=O)CNC)c1ccc(OC)cc1.Cl. The van der Waals surface area contributed by atoms with Crippen molar-refractivity contribution in [3.05, 3.63) is 29.8 Å². The van der Waals surface area contributed by atoms with Crippen LogP contribution in [0.15, 0.2) is 24.3 Å². The van der Waals surface area contributed by atoms with Crippen LogP contribution in [0.3, 0.4) is 0 Å². The Bertz CT molecular complexity index is 355. The molecular weight excluding hydrogens is 252 g/mol. The third kappa shape index (κ3) is 4.94. The maximum absolute atomic E-state index is 11.5. The van der Waals surface area contributed by atoms with Crippen LogP contribution in [0.4, 0.5) is 0 Å². The highest BCUT2D eigenvalue weighted by Crippen LogP contribution is 2.19. The summed E-state index contributed by atoms with van der Waals surface area (Å²) in [6.45, 7) is 2.39. The minimum absolute atomic E-state index is 0. The van der Waals surface area contributed by atoms with Crippen LogP contribution in [0.2, 0.25) is 0 Å².